The molecule has 0 radical (unpaired) electrons. The summed E-state index contributed by atoms with van der Waals surface area (Å²) >= 11 is 0. The van der Waals surface area contributed by atoms with Crippen LogP contribution in [0.25, 0.3) is 6.08 Å². The molecule has 1 aromatic carbocycles. The van der Waals surface area contributed by atoms with Crippen molar-refractivity contribution in [1.29, 1.82) is 0 Å². The van der Waals surface area contributed by atoms with E-state index in [4.69, 9.17) is 18.9 Å². The Hall–Kier alpha value is -3.23. The number of esters is 1. The summed E-state index contributed by atoms with van der Waals surface area (Å²) in [4.78, 5) is 38.8. The maximum Gasteiger partial charge on any atom is 0.434 e. The van der Waals surface area contributed by atoms with Crippen LogP contribution in [0.3, 0.4) is 0 Å². The Morgan fingerprint density at radius 1 is 0.969 bits per heavy atom. The molecule has 32 heavy (non-hydrogen) atoms. The quantitative estimate of drug-likeness (QED) is 0.500. The first-order valence-corrected chi connectivity index (χ1v) is 10.2. The smallest absolute Gasteiger partial charge is 0.434 e. The van der Waals surface area contributed by atoms with E-state index >= 15 is 0 Å². The lowest BCUT2D eigenvalue weighted by molar-refractivity contribution is -0.149. The Bertz CT molecular complexity index is 896. The van der Waals surface area contributed by atoms with E-state index in [2.05, 4.69) is 0 Å². The predicted molar refractivity (Wildman–Crippen MR) is 118 cm³/mol. The first-order valence-electron chi connectivity index (χ1n) is 10.2. The lowest BCUT2D eigenvalue weighted by Crippen LogP contribution is -2.53. The molecule has 1 heterocycles. The molecule has 2 amide bonds. The molecule has 1 atom stereocenters. The number of amides is 2. The average Bonchev–Trinajstić information content (AvgIpc) is 3.04. The van der Waals surface area contributed by atoms with E-state index in [0.717, 1.165) is 10.0 Å². The molecule has 0 bridgehead atoms. The Labute approximate surface area is 188 Å². The van der Waals surface area contributed by atoms with Crippen molar-refractivity contribution in [3.63, 3.8) is 0 Å². The number of hydrazine groups is 1. The van der Waals surface area contributed by atoms with Crippen molar-refractivity contribution in [2.45, 2.75) is 65.2 Å². The predicted octanol–water partition coefficient (Wildman–Crippen LogP) is 4.37. The zero-order valence-electron chi connectivity index (χ0n) is 19.9. The number of hydrogen-bond donors (Lipinski definition) is 0. The first kappa shape index (κ1) is 25.0. The van der Waals surface area contributed by atoms with Crippen LogP contribution in [0.5, 0.6) is 5.75 Å². The van der Waals surface area contributed by atoms with Gasteiger partial charge < -0.3 is 18.9 Å². The fourth-order valence-electron chi connectivity index (χ4n) is 3.04. The molecule has 0 spiro atoms. The zero-order chi connectivity index (χ0) is 24.3. The van der Waals surface area contributed by atoms with Gasteiger partial charge >= 0.3 is 18.2 Å². The van der Waals surface area contributed by atoms with Gasteiger partial charge in [0.15, 0.2) is 6.04 Å². The molecule has 0 saturated carbocycles. The summed E-state index contributed by atoms with van der Waals surface area (Å²) in [5.41, 5.74) is -0.603. The van der Waals surface area contributed by atoms with Crippen LogP contribution in [0, 0.1) is 0 Å². The number of carbonyl (C=O) groups excluding carboxylic acids is 3. The van der Waals surface area contributed by atoms with Gasteiger partial charge in [0.1, 0.15) is 17.0 Å². The largest absolute Gasteiger partial charge is 0.497 e. The monoisotopic (exact) mass is 448 g/mol. The number of rotatable bonds is 3. The van der Waals surface area contributed by atoms with Crippen molar-refractivity contribution in [1.82, 2.24) is 10.0 Å². The minimum atomic E-state index is -1.10. The highest BCUT2D eigenvalue weighted by Crippen LogP contribution is 2.34. The van der Waals surface area contributed by atoms with E-state index in [1.54, 1.807) is 72.9 Å². The molecule has 1 aliphatic heterocycles. The summed E-state index contributed by atoms with van der Waals surface area (Å²) in [7, 11) is 2.77. The number of ether oxygens (including phenoxy) is 4. The molecule has 0 unspecified atom stereocenters. The van der Waals surface area contributed by atoms with Crippen molar-refractivity contribution < 1.29 is 33.3 Å². The van der Waals surface area contributed by atoms with Gasteiger partial charge in [0.2, 0.25) is 0 Å². The highest BCUT2D eigenvalue weighted by Gasteiger charge is 2.49. The van der Waals surface area contributed by atoms with Gasteiger partial charge in [-0.25, -0.2) is 14.4 Å². The average molecular weight is 449 g/mol. The Morgan fingerprint density at radius 3 is 2.09 bits per heavy atom. The van der Waals surface area contributed by atoms with E-state index in [9.17, 15) is 14.4 Å². The van der Waals surface area contributed by atoms with E-state index in [-0.39, 0.29) is 6.42 Å². The SMILES string of the molecule is COC(=O)[C@H]1C/C(=C/c2cccc(OC)c2)N(C(=O)OC(C)(C)C)N1C(=O)OC(C)(C)C. The van der Waals surface area contributed by atoms with Crippen LogP contribution in [-0.4, -0.2) is 59.6 Å². The number of carbonyl (C=O) groups is 3. The molecule has 9 heteroatoms. The maximum absolute atomic E-state index is 13.2. The zero-order valence-corrected chi connectivity index (χ0v) is 19.9. The Kier molecular flexibility index (Phi) is 7.43. The van der Waals surface area contributed by atoms with Crippen LogP contribution in [0.1, 0.15) is 53.5 Å². The fraction of sp³-hybridized carbons (Fsp3) is 0.522. The molecule has 0 aliphatic carbocycles. The van der Waals surface area contributed by atoms with E-state index in [1.165, 1.54) is 7.11 Å². The Morgan fingerprint density at radius 2 is 1.56 bits per heavy atom. The highest BCUT2D eigenvalue weighted by atomic mass is 16.6. The molecule has 1 aromatic rings. The third-order valence-corrected chi connectivity index (χ3v) is 4.23. The summed E-state index contributed by atoms with van der Waals surface area (Å²) in [5.74, 6) is -0.0619. The van der Waals surface area contributed by atoms with E-state index in [1.807, 2.05) is 6.07 Å². The molecule has 1 aliphatic rings. The summed E-state index contributed by atoms with van der Waals surface area (Å²) in [6.45, 7) is 10.2. The van der Waals surface area contributed by atoms with Gasteiger partial charge in [-0.05, 0) is 65.3 Å². The number of nitrogens with zero attached hydrogens (tertiary/aromatic N) is 2. The normalized spacial score (nSPS) is 17.9. The number of methoxy groups -OCH3 is 2. The molecule has 2 rings (SSSR count). The summed E-state index contributed by atoms with van der Waals surface area (Å²) in [6.07, 6.45) is 0.0338. The van der Waals surface area contributed by atoms with E-state index < -0.39 is 35.4 Å². The second-order valence-corrected chi connectivity index (χ2v) is 9.27. The van der Waals surface area contributed by atoms with Crippen LogP contribution in [0.15, 0.2) is 30.0 Å². The van der Waals surface area contributed by atoms with Gasteiger partial charge in [0.05, 0.1) is 19.9 Å². The van der Waals surface area contributed by atoms with Gasteiger partial charge in [0, 0.05) is 6.42 Å². The topological polar surface area (TPSA) is 94.6 Å². The van der Waals surface area contributed by atoms with Crippen molar-refractivity contribution in [2.75, 3.05) is 14.2 Å². The number of hydrogen-bond acceptors (Lipinski definition) is 7. The van der Waals surface area contributed by atoms with Crippen molar-refractivity contribution in [3.05, 3.63) is 35.5 Å². The second-order valence-electron chi connectivity index (χ2n) is 9.27. The second kappa shape index (κ2) is 9.50. The van der Waals surface area contributed by atoms with Gasteiger partial charge in [-0.15, -0.1) is 0 Å². The van der Waals surface area contributed by atoms with E-state index in [0.29, 0.717) is 17.0 Å². The molecule has 176 valence electrons. The van der Waals surface area contributed by atoms with Crippen molar-refractivity contribution in [3.8, 4) is 5.75 Å². The minimum Gasteiger partial charge on any atom is -0.497 e. The molecular formula is C23H32N2O7. The fourth-order valence-corrected chi connectivity index (χ4v) is 3.04. The number of benzene rings is 1. The molecule has 9 nitrogen and oxygen atoms in total. The molecule has 0 aromatic heterocycles. The van der Waals surface area contributed by atoms with Crippen LogP contribution in [0.4, 0.5) is 9.59 Å². The third-order valence-electron chi connectivity index (χ3n) is 4.23. The lowest BCUT2D eigenvalue weighted by atomic mass is 10.1. The minimum absolute atomic E-state index is 0.0301. The van der Waals surface area contributed by atoms with Crippen molar-refractivity contribution >= 4 is 24.2 Å². The van der Waals surface area contributed by atoms with Gasteiger partial charge in [-0.2, -0.15) is 10.0 Å². The maximum atomic E-state index is 13.2. The van der Waals surface area contributed by atoms with Gasteiger partial charge in [-0.3, -0.25) is 0 Å². The summed E-state index contributed by atoms with van der Waals surface area (Å²) < 4.78 is 21.2. The van der Waals surface area contributed by atoms with Crippen LogP contribution in [-0.2, 0) is 19.0 Å². The van der Waals surface area contributed by atoms with Gasteiger partial charge in [0.25, 0.3) is 0 Å². The molecule has 0 N–H and O–H groups in total. The van der Waals surface area contributed by atoms with Crippen molar-refractivity contribution in [2.24, 2.45) is 0 Å². The van der Waals surface area contributed by atoms with Crippen LogP contribution < -0.4 is 4.74 Å². The first-order chi connectivity index (χ1) is 14.8. The third kappa shape index (κ3) is 6.38. The Balaban J connectivity index is 2.59. The van der Waals surface area contributed by atoms with Gasteiger partial charge in [-0.1, -0.05) is 12.1 Å². The molecule has 1 fully saturated rings. The lowest BCUT2D eigenvalue weighted by Gasteiger charge is -2.33. The standard InChI is InChI=1S/C23H32N2O7/c1-22(2,3)31-20(27)24-16(12-15-10-9-11-17(13-15)29-7)14-18(19(26)30-8)25(24)21(28)32-23(4,5)6/h9-13,18H,14H2,1-8H3/b16-12-/t18-/m1/s1. The summed E-state index contributed by atoms with van der Waals surface area (Å²) in [6, 6.07) is 6.06. The molecular weight excluding hydrogens is 416 g/mol. The van der Waals surface area contributed by atoms with Crippen LogP contribution >= 0.6 is 0 Å². The molecule has 1 saturated heterocycles. The highest BCUT2D eigenvalue weighted by molar-refractivity contribution is 5.87. The van der Waals surface area contributed by atoms with Crippen LogP contribution in [0.2, 0.25) is 0 Å². The summed E-state index contributed by atoms with van der Waals surface area (Å²) in [5, 5.41) is 2.00.